The molecule has 0 aliphatic rings. The number of alkyl halides is 1. The van der Waals surface area contributed by atoms with Gasteiger partial charge in [-0.1, -0.05) is 54.2 Å². The molecular weight excluding hydrogens is 302 g/mol. The van der Waals surface area contributed by atoms with E-state index in [4.69, 9.17) is 11.6 Å². The van der Waals surface area contributed by atoms with E-state index < -0.39 is 0 Å². The largest absolute Gasteiger partial charge is 0.305 e. The van der Waals surface area contributed by atoms with Crippen molar-refractivity contribution in [3.63, 3.8) is 0 Å². The standard InChI is InChI=1S/C16H16ClN3S/c1-20-15(18-19-16(20)21-11-5-10-17)14-9-4-7-12-6-2-3-8-13(12)14/h2-4,6-9H,5,10-11H2,1H3. The molecule has 3 nitrogen and oxygen atoms in total. The van der Waals surface area contributed by atoms with E-state index >= 15 is 0 Å². The molecule has 3 rings (SSSR count). The molecule has 108 valence electrons. The van der Waals surface area contributed by atoms with Crippen LogP contribution in [0.25, 0.3) is 22.2 Å². The van der Waals surface area contributed by atoms with Crippen LogP contribution in [0.15, 0.2) is 47.6 Å². The molecule has 0 N–H and O–H groups in total. The van der Waals surface area contributed by atoms with Gasteiger partial charge in [0.15, 0.2) is 11.0 Å². The minimum absolute atomic E-state index is 0.682. The molecule has 0 amide bonds. The molecule has 0 spiro atoms. The maximum absolute atomic E-state index is 5.72. The second-order valence-electron chi connectivity index (χ2n) is 4.78. The lowest BCUT2D eigenvalue weighted by Crippen LogP contribution is -1.96. The van der Waals surface area contributed by atoms with Gasteiger partial charge in [-0.15, -0.1) is 21.8 Å². The Bertz CT molecular complexity index is 749. The number of hydrogen-bond donors (Lipinski definition) is 0. The van der Waals surface area contributed by atoms with Gasteiger partial charge in [0.1, 0.15) is 0 Å². The summed E-state index contributed by atoms with van der Waals surface area (Å²) in [6, 6.07) is 14.6. The molecule has 0 aliphatic heterocycles. The molecular formula is C16H16ClN3S. The smallest absolute Gasteiger partial charge is 0.191 e. The van der Waals surface area contributed by atoms with Gasteiger partial charge in [0.05, 0.1) is 0 Å². The van der Waals surface area contributed by atoms with Crippen LogP contribution in [0.2, 0.25) is 0 Å². The van der Waals surface area contributed by atoms with Crippen molar-refractivity contribution in [2.75, 3.05) is 11.6 Å². The summed E-state index contributed by atoms with van der Waals surface area (Å²) in [6.45, 7) is 0. The monoisotopic (exact) mass is 317 g/mol. The summed E-state index contributed by atoms with van der Waals surface area (Å²) in [5.74, 6) is 2.55. The quantitative estimate of drug-likeness (QED) is 0.398. The van der Waals surface area contributed by atoms with Crippen molar-refractivity contribution in [2.45, 2.75) is 11.6 Å². The zero-order valence-corrected chi connectivity index (χ0v) is 13.4. The Morgan fingerprint density at radius 1 is 1.10 bits per heavy atom. The third-order valence-corrected chi connectivity index (χ3v) is 4.75. The minimum atomic E-state index is 0.682. The molecule has 3 aromatic rings. The summed E-state index contributed by atoms with van der Waals surface area (Å²) in [7, 11) is 2.01. The minimum Gasteiger partial charge on any atom is -0.305 e. The van der Waals surface area contributed by atoms with Crippen LogP contribution in [-0.2, 0) is 7.05 Å². The first-order valence-corrected chi connectivity index (χ1v) is 8.39. The van der Waals surface area contributed by atoms with Crippen LogP contribution in [0.4, 0.5) is 0 Å². The van der Waals surface area contributed by atoms with E-state index in [0.717, 1.165) is 28.7 Å². The maximum Gasteiger partial charge on any atom is 0.191 e. The van der Waals surface area contributed by atoms with Gasteiger partial charge in [-0.3, -0.25) is 0 Å². The zero-order chi connectivity index (χ0) is 14.7. The molecule has 0 saturated heterocycles. The molecule has 0 bridgehead atoms. The average molecular weight is 318 g/mol. The van der Waals surface area contributed by atoms with Gasteiger partial charge in [-0.05, 0) is 17.2 Å². The average Bonchev–Trinajstić information content (AvgIpc) is 2.88. The molecule has 0 atom stereocenters. The predicted molar refractivity (Wildman–Crippen MR) is 90.0 cm³/mol. The molecule has 1 aromatic heterocycles. The van der Waals surface area contributed by atoms with Gasteiger partial charge in [-0.25, -0.2) is 0 Å². The summed E-state index contributed by atoms with van der Waals surface area (Å²) >= 11 is 7.42. The molecule has 0 saturated carbocycles. The van der Waals surface area contributed by atoms with Crippen LogP contribution in [0.5, 0.6) is 0 Å². The first-order valence-electron chi connectivity index (χ1n) is 6.87. The number of halogens is 1. The second kappa shape index (κ2) is 6.50. The molecule has 0 radical (unpaired) electrons. The Balaban J connectivity index is 2.00. The van der Waals surface area contributed by atoms with Crippen molar-refractivity contribution >= 4 is 34.1 Å². The fourth-order valence-corrected chi connectivity index (χ4v) is 3.46. The Kier molecular flexibility index (Phi) is 4.46. The van der Waals surface area contributed by atoms with Gasteiger partial charge in [-0.2, -0.15) is 0 Å². The highest BCUT2D eigenvalue weighted by atomic mass is 35.5. The van der Waals surface area contributed by atoms with Gasteiger partial charge < -0.3 is 4.57 Å². The van der Waals surface area contributed by atoms with Crippen LogP contribution < -0.4 is 0 Å². The number of benzene rings is 2. The highest BCUT2D eigenvalue weighted by molar-refractivity contribution is 7.99. The molecule has 21 heavy (non-hydrogen) atoms. The van der Waals surface area contributed by atoms with E-state index in [-0.39, 0.29) is 0 Å². The van der Waals surface area contributed by atoms with Crippen molar-refractivity contribution in [3.05, 3.63) is 42.5 Å². The van der Waals surface area contributed by atoms with Gasteiger partial charge in [0, 0.05) is 24.2 Å². The van der Waals surface area contributed by atoms with Crippen LogP contribution in [0, 0.1) is 0 Å². The fourth-order valence-electron chi connectivity index (χ4n) is 2.31. The molecule has 1 heterocycles. The predicted octanol–water partition coefficient (Wildman–Crippen LogP) is 4.36. The molecule has 2 aromatic carbocycles. The summed E-state index contributed by atoms with van der Waals surface area (Å²) in [4.78, 5) is 0. The zero-order valence-electron chi connectivity index (χ0n) is 11.8. The van der Waals surface area contributed by atoms with Crippen molar-refractivity contribution in [1.82, 2.24) is 14.8 Å². The van der Waals surface area contributed by atoms with Crippen LogP contribution >= 0.6 is 23.4 Å². The van der Waals surface area contributed by atoms with E-state index in [2.05, 4.69) is 57.2 Å². The Morgan fingerprint density at radius 2 is 1.90 bits per heavy atom. The third-order valence-electron chi connectivity index (χ3n) is 3.37. The number of hydrogen-bond acceptors (Lipinski definition) is 3. The van der Waals surface area contributed by atoms with Crippen molar-refractivity contribution in [2.24, 2.45) is 7.05 Å². The van der Waals surface area contributed by atoms with Gasteiger partial charge in [0.2, 0.25) is 0 Å². The summed E-state index contributed by atoms with van der Waals surface area (Å²) in [5, 5.41) is 12.0. The van der Waals surface area contributed by atoms with Crippen LogP contribution in [-0.4, -0.2) is 26.4 Å². The van der Waals surface area contributed by atoms with Gasteiger partial charge in [0.25, 0.3) is 0 Å². The molecule has 0 fully saturated rings. The molecule has 0 aliphatic carbocycles. The topological polar surface area (TPSA) is 30.7 Å². The van der Waals surface area contributed by atoms with E-state index in [1.54, 1.807) is 11.8 Å². The Hall–Kier alpha value is -1.52. The fraction of sp³-hybridized carbons (Fsp3) is 0.250. The third kappa shape index (κ3) is 2.92. The lowest BCUT2D eigenvalue weighted by Gasteiger charge is -2.07. The maximum atomic E-state index is 5.72. The Labute approximate surface area is 133 Å². The van der Waals surface area contributed by atoms with Crippen LogP contribution in [0.3, 0.4) is 0 Å². The van der Waals surface area contributed by atoms with Crippen molar-refractivity contribution in [3.8, 4) is 11.4 Å². The van der Waals surface area contributed by atoms with Crippen molar-refractivity contribution in [1.29, 1.82) is 0 Å². The number of fused-ring (bicyclic) bond motifs is 1. The summed E-state index contributed by atoms with van der Waals surface area (Å²) in [5.41, 5.74) is 1.12. The number of rotatable bonds is 5. The summed E-state index contributed by atoms with van der Waals surface area (Å²) in [6.07, 6.45) is 0.975. The second-order valence-corrected chi connectivity index (χ2v) is 6.22. The highest BCUT2D eigenvalue weighted by Gasteiger charge is 2.13. The number of nitrogens with zero attached hydrogens (tertiary/aromatic N) is 3. The Morgan fingerprint density at radius 3 is 2.76 bits per heavy atom. The van der Waals surface area contributed by atoms with Crippen LogP contribution in [0.1, 0.15) is 6.42 Å². The first-order chi connectivity index (χ1) is 10.3. The lowest BCUT2D eigenvalue weighted by atomic mass is 10.0. The first kappa shape index (κ1) is 14.4. The highest BCUT2D eigenvalue weighted by Crippen LogP contribution is 2.29. The van der Waals surface area contributed by atoms with E-state index in [9.17, 15) is 0 Å². The van der Waals surface area contributed by atoms with Gasteiger partial charge >= 0.3 is 0 Å². The molecule has 5 heteroatoms. The normalized spacial score (nSPS) is 11.1. The lowest BCUT2D eigenvalue weighted by molar-refractivity contribution is 0.793. The van der Waals surface area contributed by atoms with E-state index in [0.29, 0.717) is 5.88 Å². The number of thioether (sulfide) groups is 1. The summed E-state index contributed by atoms with van der Waals surface area (Å²) < 4.78 is 2.06. The van der Waals surface area contributed by atoms with E-state index in [1.807, 2.05) is 7.05 Å². The molecule has 0 unspecified atom stereocenters. The number of aromatic nitrogens is 3. The van der Waals surface area contributed by atoms with Crippen molar-refractivity contribution < 1.29 is 0 Å². The van der Waals surface area contributed by atoms with E-state index in [1.165, 1.54) is 10.8 Å². The SMILES string of the molecule is Cn1c(SCCCCl)nnc1-c1cccc2ccccc12.